The van der Waals surface area contributed by atoms with Crippen molar-refractivity contribution in [2.45, 2.75) is 71.4 Å². The van der Waals surface area contributed by atoms with Crippen molar-refractivity contribution < 1.29 is 14.7 Å². The Morgan fingerprint density at radius 1 is 1.24 bits per heavy atom. The lowest BCUT2D eigenvalue weighted by atomic mass is 9.73. The molecule has 0 aromatic carbocycles. The van der Waals surface area contributed by atoms with E-state index in [4.69, 9.17) is 5.11 Å². The highest BCUT2D eigenvalue weighted by Crippen LogP contribution is 2.35. The van der Waals surface area contributed by atoms with E-state index in [0.29, 0.717) is 19.4 Å². The maximum atomic E-state index is 12.5. The van der Waals surface area contributed by atoms with E-state index in [-0.39, 0.29) is 29.4 Å². The molecular formula is C16H28N2O3. The van der Waals surface area contributed by atoms with Gasteiger partial charge in [0.05, 0.1) is 5.92 Å². The Labute approximate surface area is 127 Å². The second-order valence-electron chi connectivity index (χ2n) is 7.34. The summed E-state index contributed by atoms with van der Waals surface area (Å²) in [6.07, 6.45) is 5.70. The molecule has 2 N–H and O–H groups in total. The van der Waals surface area contributed by atoms with Gasteiger partial charge >= 0.3 is 12.0 Å². The molecule has 2 rings (SSSR count). The minimum Gasteiger partial charge on any atom is -0.481 e. The largest absolute Gasteiger partial charge is 0.481 e. The van der Waals surface area contributed by atoms with Crippen LogP contribution in [0.15, 0.2) is 0 Å². The molecule has 0 radical (unpaired) electrons. The van der Waals surface area contributed by atoms with Crippen LogP contribution in [0.4, 0.5) is 4.79 Å². The number of carboxylic acids is 1. The highest BCUT2D eigenvalue weighted by Gasteiger charge is 2.37. The first-order chi connectivity index (χ1) is 9.81. The number of amides is 2. The lowest BCUT2D eigenvalue weighted by molar-refractivity contribution is -0.143. The van der Waals surface area contributed by atoms with E-state index >= 15 is 0 Å². The molecular weight excluding hydrogens is 268 g/mol. The van der Waals surface area contributed by atoms with Crippen LogP contribution >= 0.6 is 0 Å². The van der Waals surface area contributed by atoms with Crippen molar-refractivity contribution in [2.75, 3.05) is 6.54 Å². The van der Waals surface area contributed by atoms with E-state index in [1.807, 2.05) is 11.8 Å². The van der Waals surface area contributed by atoms with Gasteiger partial charge in [0.25, 0.3) is 0 Å². The number of aliphatic carboxylic acids is 1. The van der Waals surface area contributed by atoms with E-state index in [1.165, 1.54) is 12.8 Å². The minimum atomic E-state index is -0.740. The molecule has 120 valence electrons. The number of piperidine rings is 1. The van der Waals surface area contributed by atoms with E-state index in [0.717, 1.165) is 12.8 Å². The molecule has 1 heterocycles. The number of urea groups is 1. The molecule has 3 unspecified atom stereocenters. The van der Waals surface area contributed by atoms with Crippen molar-refractivity contribution >= 4 is 12.0 Å². The van der Waals surface area contributed by atoms with Crippen molar-refractivity contribution in [3.05, 3.63) is 0 Å². The molecule has 5 heteroatoms. The van der Waals surface area contributed by atoms with Gasteiger partial charge in [-0.05, 0) is 38.0 Å². The average Bonchev–Trinajstić information content (AvgIpc) is 2.40. The van der Waals surface area contributed by atoms with Gasteiger partial charge in [-0.3, -0.25) is 4.79 Å². The number of nitrogens with one attached hydrogen (secondary N) is 1. The van der Waals surface area contributed by atoms with Gasteiger partial charge in [0, 0.05) is 18.6 Å². The van der Waals surface area contributed by atoms with Crippen molar-refractivity contribution in [3.63, 3.8) is 0 Å². The molecule has 1 saturated carbocycles. The summed E-state index contributed by atoms with van der Waals surface area (Å²) in [6, 6.07) is 0.195. The molecule has 1 aliphatic carbocycles. The number of hydrogen-bond acceptors (Lipinski definition) is 2. The Hall–Kier alpha value is -1.26. The molecule has 0 aromatic rings. The highest BCUT2D eigenvalue weighted by atomic mass is 16.4. The molecule has 0 aromatic heterocycles. The van der Waals surface area contributed by atoms with Crippen LogP contribution in [-0.2, 0) is 4.79 Å². The maximum Gasteiger partial charge on any atom is 0.317 e. The lowest BCUT2D eigenvalue weighted by Crippen LogP contribution is -2.55. The Morgan fingerprint density at radius 3 is 2.52 bits per heavy atom. The zero-order valence-corrected chi connectivity index (χ0v) is 13.4. The molecule has 2 aliphatic rings. The molecule has 5 nitrogen and oxygen atoms in total. The van der Waals surface area contributed by atoms with Crippen molar-refractivity contribution in [1.29, 1.82) is 0 Å². The summed E-state index contributed by atoms with van der Waals surface area (Å²) >= 11 is 0. The lowest BCUT2D eigenvalue weighted by Gasteiger charge is -2.42. The molecule has 2 amide bonds. The van der Waals surface area contributed by atoms with E-state index in [2.05, 4.69) is 19.2 Å². The van der Waals surface area contributed by atoms with E-state index in [1.54, 1.807) is 0 Å². The van der Waals surface area contributed by atoms with Crippen LogP contribution in [0.2, 0.25) is 0 Å². The quantitative estimate of drug-likeness (QED) is 0.823. The van der Waals surface area contributed by atoms with E-state index < -0.39 is 5.97 Å². The fourth-order valence-electron chi connectivity index (χ4n) is 3.69. The van der Waals surface area contributed by atoms with Gasteiger partial charge in [-0.25, -0.2) is 4.79 Å². The van der Waals surface area contributed by atoms with Crippen LogP contribution in [-0.4, -0.2) is 40.6 Å². The number of carbonyl (C=O) groups is 2. The molecule has 1 saturated heterocycles. The maximum absolute atomic E-state index is 12.5. The zero-order valence-electron chi connectivity index (χ0n) is 13.4. The predicted octanol–water partition coefficient (Wildman–Crippen LogP) is 2.85. The summed E-state index contributed by atoms with van der Waals surface area (Å²) in [5.41, 5.74) is 0.149. The summed E-state index contributed by atoms with van der Waals surface area (Å²) in [5, 5.41) is 12.3. The third-order valence-corrected chi connectivity index (χ3v) is 5.29. The van der Waals surface area contributed by atoms with Gasteiger partial charge in [0.15, 0.2) is 0 Å². The normalized spacial score (nSPS) is 32.5. The van der Waals surface area contributed by atoms with Crippen LogP contribution in [0.3, 0.4) is 0 Å². The fraction of sp³-hybridized carbons (Fsp3) is 0.875. The zero-order chi connectivity index (χ0) is 15.6. The first kappa shape index (κ1) is 16.1. The third-order valence-electron chi connectivity index (χ3n) is 5.29. The van der Waals surface area contributed by atoms with Gasteiger partial charge in [0.1, 0.15) is 0 Å². The number of carbonyl (C=O) groups excluding carboxylic acids is 1. The minimum absolute atomic E-state index is 0.00782. The van der Waals surface area contributed by atoms with Crippen LogP contribution in [0.5, 0.6) is 0 Å². The summed E-state index contributed by atoms with van der Waals surface area (Å²) in [6.45, 7) is 6.92. The Bertz CT molecular complexity index is 408. The van der Waals surface area contributed by atoms with Crippen LogP contribution in [0.1, 0.15) is 59.3 Å². The smallest absolute Gasteiger partial charge is 0.317 e. The summed E-state index contributed by atoms with van der Waals surface area (Å²) in [7, 11) is 0. The molecule has 0 bridgehead atoms. The van der Waals surface area contributed by atoms with Gasteiger partial charge in [0.2, 0.25) is 0 Å². The topological polar surface area (TPSA) is 69.6 Å². The second kappa shape index (κ2) is 6.24. The Balaban J connectivity index is 1.93. The first-order valence-corrected chi connectivity index (χ1v) is 8.11. The number of carboxylic acid groups (broad SMARTS) is 1. The summed E-state index contributed by atoms with van der Waals surface area (Å²) in [5.74, 6) is -1.05. The number of nitrogens with zero attached hydrogens (tertiary/aromatic N) is 1. The van der Waals surface area contributed by atoms with E-state index in [9.17, 15) is 9.59 Å². The SMILES string of the molecule is CC1CC(C(=O)O)CCN1C(=O)NC1CCCCC1(C)C. The van der Waals surface area contributed by atoms with Crippen LogP contribution < -0.4 is 5.32 Å². The highest BCUT2D eigenvalue weighted by molar-refractivity contribution is 5.76. The summed E-state index contributed by atoms with van der Waals surface area (Å²) in [4.78, 5) is 25.4. The molecule has 3 atom stereocenters. The monoisotopic (exact) mass is 296 g/mol. The van der Waals surface area contributed by atoms with Gasteiger partial charge in [-0.1, -0.05) is 26.7 Å². The predicted molar refractivity (Wildman–Crippen MR) is 81.1 cm³/mol. The van der Waals surface area contributed by atoms with Crippen molar-refractivity contribution in [3.8, 4) is 0 Å². The van der Waals surface area contributed by atoms with Crippen LogP contribution in [0.25, 0.3) is 0 Å². The van der Waals surface area contributed by atoms with Crippen molar-refractivity contribution in [2.24, 2.45) is 11.3 Å². The van der Waals surface area contributed by atoms with Crippen molar-refractivity contribution in [1.82, 2.24) is 10.2 Å². The molecule has 21 heavy (non-hydrogen) atoms. The first-order valence-electron chi connectivity index (χ1n) is 8.11. The van der Waals surface area contributed by atoms with Crippen LogP contribution in [0, 0.1) is 11.3 Å². The van der Waals surface area contributed by atoms with Gasteiger partial charge in [-0.2, -0.15) is 0 Å². The standard InChI is InChI=1S/C16H28N2O3/c1-11-10-12(14(19)20)7-9-18(11)15(21)17-13-6-4-5-8-16(13,2)3/h11-13H,4-10H2,1-3H3,(H,17,21)(H,19,20). The second-order valence-corrected chi connectivity index (χ2v) is 7.34. The summed E-state index contributed by atoms with van der Waals surface area (Å²) < 4.78 is 0. The molecule has 2 fully saturated rings. The van der Waals surface area contributed by atoms with Gasteiger partial charge in [-0.15, -0.1) is 0 Å². The average molecular weight is 296 g/mol. The fourth-order valence-corrected chi connectivity index (χ4v) is 3.69. The third kappa shape index (κ3) is 3.69. The Kier molecular flexibility index (Phi) is 4.79. The number of hydrogen-bond donors (Lipinski definition) is 2. The number of likely N-dealkylation sites (tertiary alicyclic amines) is 1. The molecule has 1 aliphatic heterocycles. The van der Waals surface area contributed by atoms with Gasteiger partial charge < -0.3 is 15.3 Å². The number of rotatable bonds is 2. The molecule has 0 spiro atoms. The Morgan fingerprint density at radius 2 is 1.95 bits per heavy atom.